The van der Waals surface area contributed by atoms with E-state index in [1.54, 1.807) is 31.4 Å². The van der Waals surface area contributed by atoms with Crippen LogP contribution in [0.4, 0.5) is 5.13 Å². The van der Waals surface area contributed by atoms with Crippen LogP contribution < -0.4 is 15.8 Å². The highest BCUT2D eigenvalue weighted by atomic mass is 32.2. The van der Waals surface area contributed by atoms with Crippen molar-refractivity contribution in [2.24, 2.45) is 0 Å². The number of carboxylic acid groups (broad SMARTS) is 1. The number of aromatic nitrogens is 2. The number of nitrogen functional groups attached to an aromatic ring is 1. The van der Waals surface area contributed by atoms with Crippen molar-refractivity contribution in [1.29, 1.82) is 0 Å². The van der Waals surface area contributed by atoms with Gasteiger partial charge in [0, 0.05) is 0 Å². The molecule has 1 atom stereocenters. The van der Waals surface area contributed by atoms with Crippen LogP contribution in [0.15, 0.2) is 28.6 Å². The minimum absolute atomic E-state index is 0.0981. The summed E-state index contributed by atoms with van der Waals surface area (Å²) in [5, 5.41) is 19.6. The van der Waals surface area contributed by atoms with E-state index in [1.807, 2.05) is 0 Å². The zero-order valence-electron chi connectivity index (χ0n) is 12.8. The Balaban J connectivity index is 1.98. The zero-order valence-corrected chi connectivity index (χ0v) is 14.4. The molecule has 0 aliphatic heterocycles. The normalized spacial score (nSPS) is 11.7. The van der Waals surface area contributed by atoms with Gasteiger partial charge in [-0.05, 0) is 17.7 Å². The first-order valence-corrected chi connectivity index (χ1v) is 8.65. The van der Waals surface area contributed by atoms with Crippen molar-refractivity contribution in [3.63, 3.8) is 0 Å². The smallest absolute Gasteiger partial charge is 0.305 e. The molecule has 128 valence electrons. The highest BCUT2D eigenvalue weighted by Crippen LogP contribution is 2.24. The summed E-state index contributed by atoms with van der Waals surface area (Å²) in [5.41, 5.74) is 6.17. The van der Waals surface area contributed by atoms with Gasteiger partial charge in [0.25, 0.3) is 0 Å². The molecule has 24 heavy (non-hydrogen) atoms. The number of nitrogens with two attached hydrogens (primary N) is 1. The first-order chi connectivity index (χ1) is 11.5. The second-order valence-electron chi connectivity index (χ2n) is 4.69. The summed E-state index contributed by atoms with van der Waals surface area (Å²) in [5.74, 6) is -0.541. The number of carbonyl (C=O) groups excluding carboxylic acids is 1. The number of aliphatic carboxylic acids is 1. The van der Waals surface area contributed by atoms with Gasteiger partial charge in [-0.15, -0.1) is 10.2 Å². The molecule has 1 aromatic carbocycles. The predicted molar refractivity (Wildman–Crippen MR) is 91.2 cm³/mol. The average Bonchev–Trinajstić information content (AvgIpc) is 2.97. The Morgan fingerprint density at radius 2 is 2.08 bits per heavy atom. The van der Waals surface area contributed by atoms with Gasteiger partial charge in [0.15, 0.2) is 4.34 Å². The molecule has 10 heteroatoms. The van der Waals surface area contributed by atoms with Crippen LogP contribution in [-0.4, -0.2) is 40.0 Å². The molecular weight excluding hydrogens is 352 g/mol. The number of anilines is 1. The summed E-state index contributed by atoms with van der Waals surface area (Å²) in [6, 6.07) is 6.27. The third-order valence-electron chi connectivity index (χ3n) is 2.98. The molecule has 4 N–H and O–H groups in total. The molecule has 0 spiro atoms. The minimum Gasteiger partial charge on any atom is -0.497 e. The number of nitrogens with one attached hydrogen (secondary N) is 1. The van der Waals surface area contributed by atoms with Crippen molar-refractivity contribution in [3.8, 4) is 5.75 Å². The first kappa shape index (κ1) is 18.0. The lowest BCUT2D eigenvalue weighted by atomic mass is 10.0. The topological polar surface area (TPSA) is 127 Å². The number of rotatable bonds is 8. The molecular formula is C14H16N4O4S2. The Bertz CT molecular complexity index is 705. The number of hydrogen-bond donors (Lipinski definition) is 3. The van der Waals surface area contributed by atoms with Gasteiger partial charge < -0.3 is 20.9 Å². The van der Waals surface area contributed by atoms with Crippen LogP contribution in [0, 0.1) is 0 Å². The number of carbonyl (C=O) groups is 2. The molecule has 0 radical (unpaired) electrons. The quantitative estimate of drug-likeness (QED) is 0.599. The molecule has 1 heterocycles. The third kappa shape index (κ3) is 5.39. The molecule has 2 rings (SSSR count). The van der Waals surface area contributed by atoms with Gasteiger partial charge in [-0.1, -0.05) is 35.2 Å². The summed E-state index contributed by atoms with van der Waals surface area (Å²) in [7, 11) is 1.54. The average molecular weight is 368 g/mol. The van der Waals surface area contributed by atoms with Crippen molar-refractivity contribution in [2.75, 3.05) is 18.6 Å². The zero-order chi connectivity index (χ0) is 17.5. The molecule has 8 nitrogen and oxygen atoms in total. The van der Waals surface area contributed by atoms with Crippen molar-refractivity contribution >= 4 is 40.1 Å². The van der Waals surface area contributed by atoms with Gasteiger partial charge in [0.2, 0.25) is 11.0 Å². The van der Waals surface area contributed by atoms with Gasteiger partial charge in [-0.3, -0.25) is 9.59 Å². The summed E-state index contributed by atoms with van der Waals surface area (Å²) < 4.78 is 5.66. The van der Waals surface area contributed by atoms with Gasteiger partial charge in [-0.2, -0.15) is 0 Å². The largest absolute Gasteiger partial charge is 0.497 e. The van der Waals surface area contributed by atoms with E-state index < -0.39 is 12.0 Å². The predicted octanol–water partition coefficient (Wildman–Crippen LogP) is 1.55. The Morgan fingerprint density at radius 1 is 1.38 bits per heavy atom. The number of methoxy groups -OCH3 is 1. The Labute approximate surface area is 146 Å². The summed E-state index contributed by atoms with van der Waals surface area (Å²) in [6.45, 7) is 0. The molecule has 0 saturated carbocycles. The standard InChI is InChI=1S/C14H16N4O4S2/c1-22-9-4-2-8(3-5-9)10(6-12(20)21)16-11(19)7-23-14-18-17-13(15)24-14/h2-5,10H,6-7H2,1H3,(H2,15,17)(H,16,19)(H,20,21)/t10-/m0/s1. The Morgan fingerprint density at radius 3 is 2.62 bits per heavy atom. The number of carboxylic acids is 1. The molecule has 0 unspecified atom stereocenters. The lowest BCUT2D eigenvalue weighted by Crippen LogP contribution is -2.31. The van der Waals surface area contributed by atoms with Crippen LogP contribution >= 0.6 is 23.1 Å². The van der Waals surface area contributed by atoms with Gasteiger partial charge in [0.1, 0.15) is 5.75 Å². The van der Waals surface area contributed by atoms with Crippen LogP contribution in [0.25, 0.3) is 0 Å². The van der Waals surface area contributed by atoms with Crippen LogP contribution in [0.5, 0.6) is 5.75 Å². The van der Waals surface area contributed by atoms with E-state index in [9.17, 15) is 9.59 Å². The minimum atomic E-state index is -0.999. The van der Waals surface area contributed by atoms with Crippen LogP contribution in [-0.2, 0) is 9.59 Å². The van der Waals surface area contributed by atoms with Gasteiger partial charge >= 0.3 is 5.97 Å². The van der Waals surface area contributed by atoms with Crippen LogP contribution in [0.2, 0.25) is 0 Å². The maximum Gasteiger partial charge on any atom is 0.305 e. The molecule has 1 amide bonds. The number of hydrogen-bond acceptors (Lipinski definition) is 8. The monoisotopic (exact) mass is 368 g/mol. The fourth-order valence-corrected chi connectivity index (χ4v) is 3.35. The fraction of sp³-hybridized carbons (Fsp3) is 0.286. The van der Waals surface area contributed by atoms with E-state index in [1.165, 1.54) is 23.1 Å². The number of ether oxygens (including phenoxy) is 1. The second kappa shape index (κ2) is 8.50. The van der Waals surface area contributed by atoms with E-state index >= 15 is 0 Å². The van der Waals surface area contributed by atoms with Crippen molar-refractivity contribution in [2.45, 2.75) is 16.8 Å². The van der Waals surface area contributed by atoms with Crippen LogP contribution in [0.3, 0.4) is 0 Å². The van der Waals surface area contributed by atoms with Gasteiger partial charge in [0.05, 0.1) is 25.3 Å². The number of thioether (sulfide) groups is 1. The van der Waals surface area contributed by atoms with E-state index in [-0.39, 0.29) is 18.1 Å². The molecule has 1 aromatic heterocycles. The molecule has 0 aliphatic carbocycles. The maximum atomic E-state index is 12.1. The summed E-state index contributed by atoms with van der Waals surface area (Å²) >= 11 is 2.39. The lowest BCUT2D eigenvalue weighted by Gasteiger charge is -2.17. The molecule has 2 aromatic rings. The highest BCUT2D eigenvalue weighted by molar-refractivity contribution is 8.01. The molecule has 0 aliphatic rings. The Hall–Kier alpha value is -2.33. The van der Waals surface area contributed by atoms with Crippen molar-refractivity contribution in [1.82, 2.24) is 15.5 Å². The molecule has 0 fully saturated rings. The molecule has 0 bridgehead atoms. The molecule has 0 saturated heterocycles. The SMILES string of the molecule is COc1ccc([C@H](CC(=O)O)NC(=O)CSc2nnc(N)s2)cc1. The van der Waals surface area contributed by atoms with E-state index in [4.69, 9.17) is 15.6 Å². The van der Waals surface area contributed by atoms with Gasteiger partial charge in [-0.25, -0.2) is 0 Å². The second-order valence-corrected chi connectivity index (χ2v) is 6.92. The maximum absolute atomic E-state index is 12.1. The van der Waals surface area contributed by atoms with Crippen LogP contribution in [0.1, 0.15) is 18.0 Å². The first-order valence-electron chi connectivity index (χ1n) is 6.85. The number of nitrogens with zero attached hydrogens (tertiary/aromatic N) is 2. The third-order valence-corrected chi connectivity index (χ3v) is 4.87. The Kier molecular flexibility index (Phi) is 6.38. The van der Waals surface area contributed by atoms with Crippen molar-refractivity contribution < 1.29 is 19.4 Å². The van der Waals surface area contributed by atoms with Crippen molar-refractivity contribution in [3.05, 3.63) is 29.8 Å². The highest BCUT2D eigenvalue weighted by Gasteiger charge is 2.18. The lowest BCUT2D eigenvalue weighted by molar-refractivity contribution is -0.137. The number of amides is 1. The van der Waals surface area contributed by atoms with E-state index in [0.717, 1.165) is 0 Å². The van der Waals surface area contributed by atoms with E-state index in [0.29, 0.717) is 20.8 Å². The summed E-state index contributed by atoms with van der Waals surface area (Å²) in [4.78, 5) is 23.1. The van der Waals surface area contributed by atoms with E-state index in [2.05, 4.69) is 15.5 Å². The fourth-order valence-electron chi connectivity index (χ4n) is 1.91. The number of benzene rings is 1. The summed E-state index contributed by atoms with van der Waals surface area (Å²) in [6.07, 6.45) is -0.214.